The van der Waals surface area contributed by atoms with Crippen LogP contribution < -0.4 is 0 Å². The van der Waals surface area contributed by atoms with Crippen LogP contribution in [-0.2, 0) is 20.7 Å². The summed E-state index contributed by atoms with van der Waals surface area (Å²) in [5.41, 5.74) is 0.972. The van der Waals surface area contributed by atoms with E-state index in [1.807, 2.05) is 30.3 Å². The molecule has 1 atom stereocenters. The number of carboxylic acid groups (broad SMARTS) is 1. The number of amides is 1. The minimum absolute atomic E-state index is 0.0125. The van der Waals surface area contributed by atoms with Crippen molar-refractivity contribution in [2.24, 2.45) is 0 Å². The van der Waals surface area contributed by atoms with Crippen molar-refractivity contribution in [2.75, 3.05) is 19.7 Å². The highest BCUT2D eigenvalue weighted by atomic mass is 16.5. The van der Waals surface area contributed by atoms with Gasteiger partial charge in [-0.25, -0.2) is 4.98 Å². The zero-order valence-corrected chi connectivity index (χ0v) is 14.5. The smallest absolute Gasteiger partial charge is 0.306 e. The highest BCUT2D eigenvalue weighted by Crippen LogP contribution is 2.20. The van der Waals surface area contributed by atoms with Gasteiger partial charge < -0.3 is 19.2 Å². The van der Waals surface area contributed by atoms with Crippen molar-refractivity contribution in [3.8, 4) is 11.3 Å². The van der Waals surface area contributed by atoms with Gasteiger partial charge in [-0.15, -0.1) is 0 Å². The first-order chi connectivity index (χ1) is 12.6. The van der Waals surface area contributed by atoms with E-state index < -0.39 is 12.1 Å². The van der Waals surface area contributed by atoms with Gasteiger partial charge in [-0.1, -0.05) is 30.3 Å². The van der Waals surface area contributed by atoms with Crippen LogP contribution in [0.4, 0.5) is 0 Å². The molecule has 1 aromatic carbocycles. The second-order valence-corrected chi connectivity index (χ2v) is 6.27. The number of rotatable bonds is 7. The Morgan fingerprint density at radius 2 is 2.08 bits per heavy atom. The van der Waals surface area contributed by atoms with Crippen LogP contribution in [0.1, 0.15) is 25.2 Å². The van der Waals surface area contributed by atoms with Crippen molar-refractivity contribution >= 4 is 11.9 Å². The minimum Gasteiger partial charge on any atom is -0.481 e. The molecule has 26 heavy (non-hydrogen) atoms. The van der Waals surface area contributed by atoms with Gasteiger partial charge in [0.25, 0.3) is 0 Å². The molecule has 0 bridgehead atoms. The summed E-state index contributed by atoms with van der Waals surface area (Å²) in [6.45, 7) is 1.22. The van der Waals surface area contributed by atoms with Crippen molar-refractivity contribution in [3.05, 3.63) is 42.4 Å². The van der Waals surface area contributed by atoms with Gasteiger partial charge in [-0.3, -0.25) is 9.59 Å². The Kier molecular flexibility index (Phi) is 6.01. The zero-order chi connectivity index (χ0) is 18.4. The van der Waals surface area contributed by atoms with E-state index in [0.717, 1.165) is 11.3 Å². The van der Waals surface area contributed by atoms with Gasteiger partial charge in [0.15, 0.2) is 11.7 Å². The molecular weight excluding hydrogens is 336 g/mol. The third-order valence-corrected chi connectivity index (χ3v) is 4.29. The largest absolute Gasteiger partial charge is 0.481 e. The summed E-state index contributed by atoms with van der Waals surface area (Å²) < 4.78 is 11.1. The van der Waals surface area contributed by atoms with Gasteiger partial charge >= 0.3 is 5.97 Å². The Bertz CT molecular complexity index is 743. The maximum atomic E-state index is 12.3. The van der Waals surface area contributed by atoms with E-state index in [9.17, 15) is 9.59 Å². The number of oxazole rings is 1. The molecule has 1 amide bonds. The first kappa shape index (κ1) is 18.1. The van der Waals surface area contributed by atoms with Crippen molar-refractivity contribution < 1.29 is 23.8 Å². The monoisotopic (exact) mass is 358 g/mol. The van der Waals surface area contributed by atoms with E-state index in [4.69, 9.17) is 14.3 Å². The fourth-order valence-electron chi connectivity index (χ4n) is 2.97. The fourth-order valence-corrected chi connectivity index (χ4v) is 2.97. The van der Waals surface area contributed by atoms with Crippen LogP contribution in [0.2, 0.25) is 0 Å². The fraction of sp³-hybridized carbons (Fsp3) is 0.421. The number of morpholine rings is 1. The van der Waals surface area contributed by atoms with Crippen LogP contribution in [0.15, 0.2) is 40.9 Å². The van der Waals surface area contributed by atoms with E-state index in [2.05, 4.69) is 4.98 Å². The quantitative estimate of drug-likeness (QED) is 0.817. The van der Waals surface area contributed by atoms with Crippen molar-refractivity contribution in [1.82, 2.24) is 9.88 Å². The van der Waals surface area contributed by atoms with Crippen LogP contribution in [0.3, 0.4) is 0 Å². The molecule has 0 saturated carbocycles. The van der Waals surface area contributed by atoms with Gasteiger partial charge in [0.1, 0.15) is 0 Å². The SMILES string of the molecule is O=C(O)CC1CN(C(=O)CCCc2ncc(-c3ccccc3)o2)CCO1. The topological polar surface area (TPSA) is 92.9 Å². The molecule has 2 aromatic rings. The summed E-state index contributed by atoms with van der Waals surface area (Å²) in [7, 11) is 0. The van der Waals surface area contributed by atoms with Crippen LogP contribution >= 0.6 is 0 Å². The molecule has 7 heteroatoms. The Morgan fingerprint density at radius 3 is 2.85 bits per heavy atom. The summed E-state index contributed by atoms with van der Waals surface area (Å²) in [5.74, 6) is 0.431. The van der Waals surface area contributed by atoms with E-state index in [0.29, 0.717) is 44.8 Å². The number of aromatic nitrogens is 1. The first-order valence-electron chi connectivity index (χ1n) is 8.73. The minimum atomic E-state index is -0.914. The van der Waals surface area contributed by atoms with Crippen LogP contribution in [0.25, 0.3) is 11.3 Å². The molecule has 1 unspecified atom stereocenters. The molecule has 0 spiro atoms. The average Bonchev–Trinajstić information content (AvgIpc) is 3.11. The van der Waals surface area contributed by atoms with Gasteiger partial charge in [0.05, 0.1) is 25.3 Å². The molecular formula is C19H22N2O5. The second kappa shape index (κ2) is 8.62. The summed E-state index contributed by atoms with van der Waals surface area (Å²) in [5, 5.41) is 8.84. The van der Waals surface area contributed by atoms with Gasteiger partial charge in [-0.2, -0.15) is 0 Å². The number of nitrogens with zero attached hydrogens (tertiary/aromatic N) is 2. The van der Waals surface area contributed by atoms with E-state index in [1.54, 1.807) is 11.1 Å². The maximum absolute atomic E-state index is 12.3. The average molecular weight is 358 g/mol. The first-order valence-corrected chi connectivity index (χ1v) is 8.73. The second-order valence-electron chi connectivity index (χ2n) is 6.27. The lowest BCUT2D eigenvalue weighted by atomic mass is 10.1. The Morgan fingerprint density at radius 1 is 1.27 bits per heavy atom. The number of hydrogen-bond donors (Lipinski definition) is 1. The molecule has 0 aliphatic carbocycles. The van der Waals surface area contributed by atoms with Crippen LogP contribution in [-0.4, -0.2) is 52.7 Å². The third kappa shape index (κ3) is 4.92. The molecule has 1 saturated heterocycles. The summed E-state index contributed by atoms with van der Waals surface area (Å²) >= 11 is 0. The molecule has 138 valence electrons. The van der Waals surface area contributed by atoms with Crippen LogP contribution in [0.5, 0.6) is 0 Å². The Labute approximate surface area is 151 Å². The molecule has 1 fully saturated rings. The van der Waals surface area contributed by atoms with Gasteiger partial charge in [0.2, 0.25) is 5.91 Å². The predicted octanol–water partition coefficient (Wildman–Crippen LogP) is 2.37. The number of ether oxygens (including phenoxy) is 1. The zero-order valence-electron chi connectivity index (χ0n) is 14.5. The third-order valence-electron chi connectivity index (χ3n) is 4.29. The number of carbonyl (C=O) groups excluding carboxylic acids is 1. The number of carboxylic acids is 1. The summed E-state index contributed by atoms with van der Waals surface area (Å²) in [4.78, 5) is 29.0. The molecule has 0 radical (unpaired) electrons. The normalized spacial score (nSPS) is 17.2. The number of hydrogen-bond acceptors (Lipinski definition) is 5. The number of aliphatic carboxylic acids is 1. The number of benzene rings is 1. The van der Waals surface area contributed by atoms with E-state index >= 15 is 0 Å². The van der Waals surface area contributed by atoms with Crippen molar-refractivity contribution in [1.29, 1.82) is 0 Å². The Hall–Kier alpha value is -2.67. The lowest BCUT2D eigenvalue weighted by molar-refractivity contribution is -0.147. The highest BCUT2D eigenvalue weighted by molar-refractivity contribution is 5.76. The predicted molar refractivity (Wildman–Crippen MR) is 93.4 cm³/mol. The van der Waals surface area contributed by atoms with Gasteiger partial charge in [0, 0.05) is 31.5 Å². The summed E-state index contributed by atoms with van der Waals surface area (Å²) in [6.07, 6.45) is 2.79. The van der Waals surface area contributed by atoms with Gasteiger partial charge in [-0.05, 0) is 6.42 Å². The Balaban J connectivity index is 1.45. The summed E-state index contributed by atoms with van der Waals surface area (Å²) in [6, 6.07) is 9.74. The molecule has 1 aromatic heterocycles. The molecule has 3 rings (SSSR count). The molecule has 1 aliphatic heterocycles. The highest BCUT2D eigenvalue weighted by Gasteiger charge is 2.25. The lowest BCUT2D eigenvalue weighted by Crippen LogP contribution is -2.46. The standard InChI is InChI=1S/C19H22N2O5/c22-18(21-9-10-25-15(13-21)11-19(23)24)8-4-7-17-20-12-16(26-17)14-5-2-1-3-6-14/h1-3,5-6,12,15H,4,7-11,13H2,(H,23,24). The molecule has 7 nitrogen and oxygen atoms in total. The van der Waals surface area contributed by atoms with Crippen molar-refractivity contribution in [2.45, 2.75) is 31.8 Å². The lowest BCUT2D eigenvalue weighted by Gasteiger charge is -2.32. The van der Waals surface area contributed by atoms with Crippen molar-refractivity contribution in [3.63, 3.8) is 0 Å². The number of aryl methyl sites for hydroxylation is 1. The number of carbonyl (C=O) groups is 2. The van der Waals surface area contributed by atoms with E-state index in [-0.39, 0.29) is 12.3 Å². The molecule has 1 N–H and O–H groups in total. The molecule has 2 heterocycles. The molecule has 1 aliphatic rings. The maximum Gasteiger partial charge on any atom is 0.306 e. The van der Waals surface area contributed by atoms with E-state index in [1.165, 1.54) is 0 Å². The van der Waals surface area contributed by atoms with Crippen LogP contribution in [0, 0.1) is 0 Å².